The fourth-order valence-electron chi connectivity index (χ4n) is 2.28. The van der Waals surface area contributed by atoms with E-state index in [1.54, 1.807) is 12.1 Å². The number of benzene rings is 2. The summed E-state index contributed by atoms with van der Waals surface area (Å²) in [6.45, 7) is -0.495. The number of carbonyl (C=O) groups is 3. The Bertz CT molecular complexity index is 894. The van der Waals surface area contributed by atoms with E-state index >= 15 is 0 Å². The number of rotatable bonds is 5. The fourth-order valence-corrected chi connectivity index (χ4v) is 2.28. The zero-order valence-corrected chi connectivity index (χ0v) is 12.8. The van der Waals surface area contributed by atoms with Gasteiger partial charge in [-0.3, -0.25) is 4.79 Å². The average Bonchev–Trinajstić information content (AvgIpc) is 2.89. The van der Waals surface area contributed by atoms with Crippen molar-refractivity contribution in [3.05, 3.63) is 64.9 Å². The second-order valence-electron chi connectivity index (χ2n) is 5.21. The predicted octanol–water partition coefficient (Wildman–Crippen LogP) is 2.46. The van der Waals surface area contributed by atoms with Gasteiger partial charge < -0.3 is 19.7 Å². The molecule has 0 aliphatic carbocycles. The van der Waals surface area contributed by atoms with Crippen molar-refractivity contribution >= 4 is 23.8 Å². The van der Waals surface area contributed by atoms with Gasteiger partial charge in [0, 0.05) is 6.07 Å². The maximum Gasteiger partial charge on any atom is 0.341 e. The molecule has 0 atom stereocenters. The summed E-state index contributed by atoms with van der Waals surface area (Å²) in [5.41, 5.74) is 1.10. The Morgan fingerprint density at radius 2 is 1.80 bits per heavy atom. The molecule has 0 aromatic heterocycles. The summed E-state index contributed by atoms with van der Waals surface area (Å²) in [5.74, 6) is -1.81. The molecule has 3 rings (SSSR count). The van der Waals surface area contributed by atoms with Crippen LogP contribution in [0.5, 0.6) is 11.5 Å². The van der Waals surface area contributed by atoms with Crippen LogP contribution in [0.2, 0.25) is 0 Å². The van der Waals surface area contributed by atoms with Gasteiger partial charge in [0.1, 0.15) is 11.5 Å². The summed E-state index contributed by atoms with van der Waals surface area (Å²) in [4.78, 5) is 33.7. The molecule has 126 valence electrons. The molecule has 0 spiro atoms. The van der Waals surface area contributed by atoms with Crippen molar-refractivity contribution < 1.29 is 34.1 Å². The standard InChI is InChI=1S/C18H12O7/c19-16(20)9-24-12-5-6-13-14(8-12)25-15(17(13)21)7-10-1-3-11(4-2-10)18(22)23/h1-8H,9H2,(H,19,20)(H,22,23). The minimum atomic E-state index is -1.11. The zero-order valence-electron chi connectivity index (χ0n) is 12.8. The molecule has 25 heavy (non-hydrogen) atoms. The van der Waals surface area contributed by atoms with Crippen LogP contribution < -0.4 is 9.47 Å². The zero-order chi connectivity index (χ0) is 18.0. The van der Waals surface area contributed by atoms with Crippen LogP contribution in [0.1, 0.15) is 26.3 Å². The van der Waals surface area contributed by atoms with Crippen LogP contribution in [0.25, 0.3) is 6.08 Å². The number of aliphatic carboxylic acids is 1. The van der Waals surface area contributed by atoms with E-state index in [1.165, 1.54) is 36.4 Å². The highest BCUT2D eigenvalue weighted by atomic mass is 16.5. The van der Waals surface area contributed by atoms with Crippen LogP contribution in [0.3, 0.4) is 0 Å². The van der Waals surface area contributed by atoms with Crippen molar-refractivity contribution in [1.82, 2.24) is 0 Å². The molecule has 2 N–H and O–H groups in total. The molecule has 2 aromatic carbocycles. The summed E-state index contributed by atoms with van der Waals surface area (Å²) >= 11 is 0. The Hall–Kier alpha value is -3.61. The number of hydrogen-bond acceptors (Lipinski definition) is 5. The lowest BCUT2D eigenvalue weighted by atomic mass is 10.1. The number of ketones is 1. The normalized spacial score (nSPS) is 14.1. The molecule has 0 amide bonds. The van der Waals surface area contributed by atoms with Crippen LogP contribution in [0.15, 0.2) is 48.2 Å². The van der Waals surface area contributed by atoms with E-state index in [1.807, 2.05) is 0 Å². The summed E-state index contributed by atoms with van der Waals surface area (Å²) in [6, 6.07) is 10.4. The third kappa shape index (κ3) is 3.50. The van der Waals surface area contributed by atoms with Crippen molar-refractivity contribution in [2.24, 2.45) is 0 Å². The predicted molar refractivity (Wildman–Crippen MR) is 85.9 cm³/mol. The number of hydrogen-bond donors (Lipinski definition) is 2. The highest BCUT2D eigenvalue weighted by molar-refractivity contribution is 6.14. The van der Waals surface area contributed by atoms with Gasteiger partial charge >= 0.3 is 11.9 Å². The molecule has 7 heteroatoms. The molecule has 1 heterocycles. The van der Waals surface area contributed by atoms with Crippen molar-refractivity contribution in [1.29, 1.82) is 0 Å². The van der Waals surface area contributed by atoms with E-state index < -0.39 is 18.5 Å². The van der Waals surface area contributed by atoms with E-state index in [9.17, 15) is 14.4 Å². The van der Waals surface area contributed by atoms with Crippen LogP contribution in [0.4, 0.5) is 0 Å². The Kier molecular flexibility index (Phi) is 4.21. The highest BCUT2D eigenvalue weighted by Crippen LogP contribution is 2.34. The molecular formula is C18H12O7. The number of aromatic carboxylic acids is 1. The van der Waals surface area contributed by atoms with Gasteiger partial charge in [-0.1, -0.05) is 12.1 Å². The third-order valence-electron chi connectivity index (χ3n) is 3.46. The monoisotopic (exact) mass is 340 g/mol. The first-order chi connectivity index (χ1) is 11.9. The second-order valence-corrected chi connectivity index (χ2v) is 5.21. The Morgan fingerprint density at radius 1 is 1.08 bits per heavy atom. The molecular weight excluding hydrogens is 328 g/mol. The second kappa shape index (κ2) is 6.48. The van der Waals surface area contributed by atoms with Gasteiger partial charge in [-0.25, -0.2) is 9.59 Å². The SMILES string of the molecule is O=C(O)COc1ccc2c(c1)OC(=Cc1ccc(C(=O)O)cc1)C2=O. The number of carboxylic acid groups (broad SMARTS) is 2. The summed E-state index contributed by atoms with van der Waals surface area (Å²) in [6.07, 6.45) is 1.51. The molecule has 7 nitrogen and oxygen atoms in total. The van der Waals surface area contributed by atoms with E-state index in [2.05, 4.69) is 0 Å². The van der Waals surface area contributed by atoms with Crippen molar-refractivity contribution in [3.8, 4) is 11.5 Å². The highest BCUT2D eigenvalue weighted by Gasteiger charge is 2.27. The number of carboxylic acids is 2. The van der Waals surface area contributed by atoms with Crippen LogP contribution in [0, 0.1) is 0 Å². The smallest absolute Gasteiger partial charge is 0.341 e. The van der Waals surface area contributed by atoms with Gasteiger partial charge in [0.2, 0.25) is 5.78 Å². The summed E-state index contributed by atoms with van der Waals surface area (Å²) < 4.78 is 10.6. The largest absolute Gasteiger partial charge is 0.482 e. The maximum absolute atomic E-state index is 12.3. The van der Waals surface area contributed by atoms with E-state index in [-0.39, 0.29) is 28.6 Å². The van der Waals surface area contributed by atoms with Gasteiger partial charge in [0.15, 0.2) is 12.4 Å². The summed E-state index contributed by atoms with van der Waals surface area (Å²) in [7, 11) is 0. The molecule has 0 fully saturated rings. The van der Waals surface area contributed by atoms with Gasteiger partial charge in [0.25, 0.3) is 0 Å². The number of ether oxygens (including phenoxy) is 2. The fraction of sp³-hybridized carbons (Fsp3) is 0.0556. The molecule has 0 saturated carbocycles. The number of carbonyl (C=O) groups excluding carboxylic acids is 1. The molecule has 0 bridgehead atoms. The number of Topliss-reactive ketones (excluding diaryl/α,β-unsaturated/α-hetero) is 1. The minimum absolute atomic E-state index is 0.0912. The first-order valence-electron chi connectivity index (χ1n) is 7.20. The molecule has 1 aliphatic heterocycles. The summed E-state index contributed by atoms with van der Waals surface area (Å²) in [5, 5.41) is 17.5. The van der Waals surface area contributed by atoms with E-state index in [0.29, 0.717) is 11.1 Å². The number of allylic oxidation sites excluding steroid dienone is 1. The van der Waals surface area contributed by atoms with Crippen molar-refractivity contribution in [3.63, 3.8) is 0 Å². The molecule has 2 aromatic rings. The van der Waals surface area contributed by atoms with Crippen molar-refractivity contribution in [2.45, 2.75) is 0 Å². The van der Waals surface area contributed by atoms with Crippen LogP contribution in [-0.4, -0.2) is 34.5 Å². The Morgan fingerprint density at radius 3 is 2.44 bits per heavy atom. The maximum atomic E-state index is 12.3. The topological polar surface area (TPSA) is 110 Å². The first kappa shape index (κ1) is 16.3. The van der Waals surface area contributed by atoms with Crippen molar-refractivity contribution in [2.75, 3.05) is 6.61 Å². The third-order valence-corrected chi connectivity index (χ3v) is 3.46. The van der Waals surface area contributed by atoms with Gasteiger partial charge in [-0.05, 0) is 35.9 Å². The molecule has 0 radical (unpaired) electrons. The molecule has 1 aliphatic rings. The van der Waals surface area contributed by atoms with Crippen LogP contribution in [-0.2, 0) is 4.79 Å². The van der Waals surface area contributed by atoms with Gasteiger partial charge in [-0.15, -0.1) is 0 Å². The quantitative estimate of drug-likeness (QED) is 0.804. The lowest BCUT2D eigenvalue weighted by Gasteiger charge is -2.04. The number of fused-ring (bicyclic) bond motifs is 1. The van der Waals surface area contributed by atoms with E-state index in [4.69, 9.17) is 19.7 Å². The first-order valence-corrected chi connectivity index (χ1v) is 7.20. The van der Waals surface area contributed by atoms with Gasteiger partial charge in [-0.2, -0.15) is 0 Å². The van der Waals surface area contributed by atoms with E-state index in [0.717, 1.165) is 0 Å². The lowest BCUT2D eigenvalue weighted by molar-refractivity contribution is -0.139. The molecule has 0 saturated heterocycles. The Labute approximate surface area is 141 Å². The van der Waals surface area contributed by atoms with Crippen LogP contribution >= 0.6 is 0 Å². The molecule has 0 unspecified atom stereocenters. The van der Waals surface area contributed by atoms with Gasteiger partial charge in [0.05, 0.1) is 11.1 Å². The Balaban J connectivity index is 1.81. The average molecular weight is 340 g/mol. The minimum Gasteiger partial charge on any atom is -0.482 e. The lowest BCUT2D eigenvalue weighted by Crippen LogP contribution is -2.09.